The van der Waals surface area contributed by atoms with Crippen LogP contribution in [0.2, 0.25) is 0 Å². The van der Waals surface area contributed by atoms with Crippen LogP contribution < -0.4 is 14.8 Å². The third-order valence-electron chi connectivity index (χ3n) is 3.75. The van der Waals surface area contributed by atoms with Crippen molar-refractivity contribution in [2.75, 3.05) is 13.7 Å². The van der Waals surface area contributed by atoms with Gasteiger partial charge in [0.15, 0.2) is 0 Å². The Labute approximate surface area is 137 Å². The van der Waals surface area contributed by atoms with Crippen LogP contribution in [0.15, 0.2) is 24.4 Å². The summed E-state index contributed by atoms with van der Waals surface area (Å²) in [6.07, 6.45) is 3.12. The Morgan fingerprint density at radius 1 is 1.35 bits per heavy atom. The van der Waals surface area contributed by atoms with Crippen LogP contribution in [0.3, 0.4) is 0 Å². The first-order valence-electron chi connectivity index (χ1n) is 8.03. The second kappa shape index (κ2) is 7.81. The van der Waals surface area contributed by atoms with Crippen LogP contribution in [0.1, 0.15) is 32.3 Å². The molecule has 1 amide bonds. The molecule has 1 N–H and O–H groups in total. The third-order valence-corrected chi connectivity index (χ3v) is 3.75. The van der Waals surface area contributed by atoms with Crippen molar-refractivity contribution >= 4 is 16.7 Å². The maximum atomic E-state index is 11.2. The van der Waals surface area contributed by atoms with E-state index in [1.54, 1.807) is 13.3 Å². The summed E-state index contributed by atoms with van der Waals surface area (Å²) in [6, 6.07) is 6.02. The zero-order valence-electron chi connectivity index (χ0n) is 14.2. The van der Waals surface area contributed by atoms with Gasteiger partial charge < -0.3 is 14.8 Å². The lowest BCUT2D eigenvalue weighted by Crippen LogP contribution is -2.31. The molecular weight excluding hydrogens is 292 g/mol. The fraction of sp³-hybridized carbons (Fsp3) is 0.444. The molecule has 5 nitrogen and oxygen atoms in total. The van der Waals surface area contributed by atoms with Crippen LogP contribution in [-0.2, 0) is 4.79 Å². The fourth-order valence-electron chi connectivity index (χ4n) is 2.61. The summed E-state index contributed by atoms with van der Waals surface area (Å²) in [5.41, 5.74) is 1.07. The second-order valence-electron chi connectivity index (χ2n) is 5.27. The molecule has 0 saturated carbocycles. The number of ether oxygens (including phenoxy) is 2. The number of nitrogens with zero attached hydrogens (tertiary/aromatic N) is 1. The van der Waals surface area contributed by atoms with Gasteiger partial charge in [-0.25, -0.2) is 4.98 Å². The summed E-state index contributed by atoms with van der Waals surface area (Å²) in [5, 5.41) is 4.87. The number of nitrogens with one attached hydrogen (secondary N) is 1. The Balaban J connectivity index is 0.000000924. The highest BCUT2D eigenvalue weighted by atomic mass is 16.5. The van der Waals surface area contributed by atoms with Gasteiger partial charge in [-0.15, -0.1) is 0 Å². The number of carbonyl (C=O) groups excluding carboxylic acids is 1. The molecule has 124 valence electrons. The van der Waals surface area contributed by atoms with Gasteiger partial charge in [-0.05, 0) is 42.5 Å². The summed E-state index contributed by atoms with van der Waals surface area (Å²) in [7, 11) is 1.65. The second-order valence-corrected chi connectivity index (χ2v) is 5.27. The number of pyridine rings is 1. The van der Waals surface area contributed by atoms with Gasteiger partial charge in [0.05, 0.1) is 13.2 Å². The summed E-state index contributed by atoms with van der Waals surface area (Å²) in [5.74, 6) is 1.48. The molecule has 1 aromatic carbocycles. The van der Waals surface area contributed by atoms with Crippen LogP contribution >= 0.6 is 0 Å². The van der Waals surface area contributed by atoms with Crippen LogP contribution in [0, 0.1) is 6.92 Å². The highest BCUT2D eigenvalue weighted by Gasteiger charge is 2.21. The van der Waals surface area contributed by atoms with Crippen LogP contribution in [-0.4, -0.2) is 30.6 Å². The molecule has 0 aliphatic carbocycles. The summed E-state index contributed by atoms with van der Waals surface area (Å²) >= 11 is 0. The quantitative estimate of drug-likeness (QED) is 0.940. The van der Waals surface area contributed by atoms with E-state index in [2.05, 4.69) is 16.4 Å². The lowest BCUT2D eigenvalue weighted by Gasteiger charge is -2.14. The number of fused-ring (bicyclic) bond motifs is 1. The van der Waals surface area contributed by atoms with Gasteiger partial charge in [-0.1, -0.05) is 13.8 Å². The minimum absolute atomic E-state index is 0.0712. The van der Waals surface area contributed by atoms with E-state index in [-0.39, 0.29) is 11.9 Å². The molecule has 1 aliphatic heterocycles. The lowest BCUT2D eigenvalue weighted by molar-refractivity contribution is -0.119. The highest BCUT2D eigenvalue weighted by molar-refractivity contribution is 5.89. The monoisotopic (exact) mass is 316 g/mol. The van der Waals surface area contributed by atoms with Crippen molar-refractivity contribution in [2.24, 2.45) is 0 Å². The first-order chi connectivity index (χ1) is 11.2. The smallest absolute Gasteiger partial charge is 0.221 e. The number of rotatable bonds is 4. The molecule has 1 saturated heterocycles. The molecule has 3 rings (SSSR count). The Morgan fingerprint density at radius 3 is 2.78 bits per heavy atom. The van der Waals surface area contributed by atoms with E-state index in [9.17, 15) is 4.79 Å². The first kappa shape index (κ1) is 17.1. The molecule has 0 bridgehead atoms. The number of aryl methyl sites for hydroxylation is 1. The van der Waals surface area contributed by atoms with E-state index in [0.717, 1.165) is 28.5 Å². The maximum Gasteiger partial charge on any atom is 0.221 e. The Kier molecular flexibility index (Phi) is 5.79. The van der Waals surface area contributed by atoms with E-state index in [4.69, 9.17) is 9.47 Å². The molecule has 1 aromatic heterocycles. The average Bonchev–Trinajstić information content (AvgIpc) is 2.99. The number of hydrogen-bond donors (Lipinski definition) is 1. The SMILES string of the molecule is CC.COc1cc2c(OCC3CCC(=O)N3)nccc2cc1C. The molecule has 1 unspecified atom stereocenters. The molecule has 23 heavy (non-hydrogen) atoms. The van der Waals surface area contributed by atoms with Gasteiger partial charge in [0.2, 0.25) is 11.8 Å². The van der Waals surface area contributed by atoms with Gasteiger partial charge in [0, 0.05) is 18.0 Å². The topological polar surface area (TPSA) is 60.5 Å². The molecule has 0 radical (unpaired) electrons. The van der Waals surface area contributed by atoms with Gasteiger partial charge in [-0.3, -0.25) is 4.79 Å². The van der Waals surface area contributed by atoms with Crippen LogP contribution in [0.5, 0.6) is 11.6 Å². The standard InChI is InChI=1S/C16H18N2O3.C2H6/c1-10-7-11-5-6-17-16(13(11)8-14(10)20-2)21-9-12-3-4-15(19)18-12;1-2/h5-8,12H,3-4,9H2,1-2H3,(H,18,19);1-2H3. The minimum Gasteiger partial charge on any atom is -0.496 e. The Bertz CT molecular complexity index is 685. The minimum atomic E-state index is 0.0712. The van der Waals surface area contributed by atoms with Crippen molar-refractivity contribution in [1.82, 2.24) is 10.3 Å². The molecule has 5 heteroatoms. The molecular formula is C18H24N2O3. The maximum absolute atomic E-state index is 11.2. The molecule has 1 fully saturated rings. The van der Waals surface area contributed by atoms with Crippen molar-refractivity contribution in [3.8, 4) is 11.6 Å². The molecule has 0 spiro atoms. The Morgan fingerprint density at radius 2 is 2.13 bits per heavy atom. The zero-order chi connectivity index (χ0) is 16.8. The first-order valence-corrected chi connectivity index (χ1v) is 8.03. The predicted molar refractivity (Wildman–Crippen MR) is 91.0 cm³/mol. The Hall–Kier alpha value is -2.30. The fourth-order valence-corrected chi connectivity index (χ4v) is 2.61. The number of aromatic nitrogens is 1. The number of carbonyl (C=O) groups is 1. The highest BCUT2D eigenvalue weighted by Crippen LogP contribution is 2.30. The van der Waals surface area contributed by atoms with Crippen molar-refractivity contribution in [3.05, 3.63) is 30.0 Å². The van der Waals surface area contributed by atoms with Crippen LogP contribution in [0.25, 0.3) is 10.8 Å². The van der Waals surface area contributed by atoms with Crippen molar-refractivity contribution in [1.29, 1.82) is 0 Å². The normalized spacial score (nSPS) is 16.5. The number of hydrogen-bond acceptors (Lipinski definition) is 4. The van der Waals surface area contributed by atoms with E-state index < -0.39 is 0 Å². The average molecular weight is 316 g/mol. The van der Waals surface area contributed by atoms with E-state index in [1.807, 2.05) is 32.9 Å². The number of amides is 1. The van der Waals surface area contributed by atoms with E-state index in [0.29, 0.717) is 18.9 Å². The molecule has 1 atom stereocenters. The molecule has 2 heterocycles. The van der Waals surface area contributed by atoms with Crippen molar-refractivity contribution in [3.63, 3.8) is 0 Å². The van der Waals surface area contributed by atoms with E-state index >= 15 is 0 Å². The number of benzene rings is 1. The van der Waals surface area contributed by atoms with Crippen LogP contribution in [0.4, 0.5) is 0 Å². The lowest BCUT2D eigenvalue weighted by atomic mass is 10.1. The van der Waals surface area contributed by atoms with Crippen molar-refractivity contribution < 1.29 is 14.3 Å². The van der Waals surface area contributed by atoms with Gasteiger partial charge in [-0.2, -0.15) is 0 Å². The molecule has 2 aromatic rings. The third kappa shape index (κ3) is 3.92. The predicted octanol–water partition coefficient (Wildman–Crippen LogP) is 3.24. The van der Waals surface area contributed by atoms with Gasteiger partial charge in [0.25, 0.3) is 0 Å². The summed E-state index contributed by atoms with van der Waals surface area (Å²) in [4.78, 5) is 15.5. The van der Waals surface area contributed by atoms with Gasteiger partial charge >= 0.3 is 0 Å². The van der Waals surface area contributed by atoms with Crippen molar-refractivity contribution in [2.45, 2.75) is 39.7 Å². The summed E-state index contributed by atoms with van der Waals surface area (Å²) in [6.45, 7) is 6.45. The van der Waals surface area contributed by atoms with E-state index in [1.165, 1.54) is 0 Å². The molecule has 1 aliphatic rings. The largest absolute Gasteiger partial charge is 0.496 e. The zero-order valence-corrected chi connectivity index (χ0v) is 14.2. The number of methoxy groups -OCH3 is 1. The summed E-state index contributed by atoms with van der Waals surface area (Å²) < 4.78 is 11.2. The van der Waals surface area contributed by atoms with Gasteiger partial charge in [0.1, 0.15) is 12.4 Å².